The van der Waals surface area contributed by atoms with Crippen LogP contribution in [0.5, 0.6) is 0 Å². The van der Waals surface area contributed by atoms with Crippen LogP contribution in [0.3, 0.4) is 0 Å². The van der Waals surface area contributed by atoms with Gasteiger partial charge >= 0.3 is 5.97 Å². The monoisotopic (exact) mass is 281 g/mol. The van der Waals surface area contributed by atoms with E-state index in [2.05, 4.69) is 5.32 Å². The van der Waals surface area contributed by atoms with Crippen LogP contribution >= 0.6 is 11.8 Å². The van der Waals surface area contributed by atoms with Gasteiger partial charge in [-0.2, -0.15) is 11.8 Å². The van der Waals surface area contributed by atoms with E-state index in [9.17, 15) is 9.59 Å². The molecule has 4 nitrogen and oxygen atoms in total. The van der Waals surface area contributed by atoms with Gasteiger partial charge in [0.25, 0.3) is 5.91 Å². The van der Waals surface area contributed by atoms with Crippen molar-refractivity contribution in [3.05, 3.63) is 35.4 Å². The van der Waals surface area contributed by atoms with Crippen LogP contribution in [0.1, 0.15) is 29.8 Å². The number of nitrogens with one attached hydrogen (secondary N) is 1. The lowest BCUT2D eigenvalue weighted by molar-refractivity contribution is -0.136. The first-order valence-electron chi connectivity index (χ1n) is 5.99. The minimum absolute atomic E-state index is 0.0442. The largest absolute Gasteiger partial charge is 0.481 e. The Bertz CT molecular complexity index is 472. The Hall–Kier alpha value is -1.49. The number of aliphatic carboxylic acids is 1. The Balaban J connectivity index is 2.79. The molecule has 0 aliphatic heterocycles. The van der Waals surface area contributed by atoms with Crippen molar-refractivity contribution in [3.8, 4) is 0 Å². The first-order chi connectivity index (χ1) is 8.85. The molecule has 1 amide bonds. The molecule has 0 spiro atoms. The molecular weight excluding hydrogens is 262 g/mol. The number of carbonyl (C=O) groups excluding carboxylic acids is 1. The first-order valence-corrected chi connectivity index (χ1v) is 7.21. The lowest BCUT2D eigenvalue weighted by Gasteiger charge is -2.22. The predicted octanol–water partition coefficient (Wildman–Crippen LogP) is 2.19. The zero-order valence-electron chi connectivity index (χ0n) is 11.4. The number of benzene rings is 1. The maximum Gasteiger partial charge on any atom is 0.307 e. The maximum atomic E-state index is 12.1. The van der Waals surface area contributed by atoms with Gasteiger partial charge in [0.15, 0.2) is 0 Å². The summed E-state index contributed by atoms with van der Waals surface area (Å²) in [5.74, 6) is -1.16. The van der Waals surface area contributed by atoms with E-state index < -0.39 is 5.97 Å². The van der Waals surface area contributed by atoms with Crippen LogP contribution in [0.4, 0.5) is 0 Å². The smallest absolute Gasteiger partial charge is 0.307 e. The summed E-state index contributed by atoms with van der Waals surface area (Å²) in [6.07, 6.45) is 1.85. The van der Waals surface area contributed by atoms with Crippen molar-refractivity contribution in [2.75, 3.05) is 12.8 Å². The van der Waals surface area contributed by atoms with Crippen LogP contribution in [-0.4, -0.2) is 34.5 Å². The highest BCUT2D eigenvalue weighted by atomic mass is 32.2. The fourth-order valence-electron chi connectivity index (χ4n) is 1.52. The second-order valence-electron chi connectivity index (χ2n) is 4.87. The Labute approximate surface area is 117 Å². The van der Waals surface area contributed by atoms with Crippen LogP contribution in [0.2, 0.25) is 0 Å². The van der Waals surface area contributed by atoms with Gasteiger partial charge in [0, 0.05) is 16.9 Å². The molecule has 0 aliphatic carbocycles. The Morgan fingerprint density at radius 2 is 1.95 bits per heavy atom. The third-order valence-corrected chi connectivity index (χ3v) is 4.08. The van der Waals surface area contributed by atoms with Crippen LogP contribution in [0, 0.1) is 0 Å². The molecule has 5 heteroatoms. The summed E-state index contributed by atoms with van der Waals surface area (Å²) in [6.45, 7) is 4.62. The molecule has 0 bridgehead atoms. The van der Waals surface area contributed by atoms with E-state index >= 15 is 0 Å². The van der Waals surface area contributed by atoms with Gasteiger partial charge in [-0.05, 0) is 31.7 Å². The maximum absolute atomic E-state index is 12.1. The molecule has 0 unspecified atom stereocenters. The molecule has 0 heterocycles. The molecule has 0 fully saturated rings. The van der Waals surface area contributed by atoms with Crippen molar-refractivity contribution >= 4 is 23.6 Å². The molecule has 1 aromatic carbocycles. The van der Waals surface area contributed by atoms with Crippen molar-refractivity contribution in [3.63, 3.8) is 0 Å². The van der Waals surface area contributed by atoms with Crippen molar-refractivity contribution in [1.82, 2.24) is 5.32 Å². The standard InChI is InChI=1S/C14H19NO3S/c1-14(2,19-3)9-15-13(18)11-7-5-4-6-10(11)8-12(16)17/h4-7H,8-9H2,1-3H3,(H,15,18)(H,16,17). The highest BCUT2D eigenvalue weighted by Gasteiger charge is 2.19. The molecule has 0 saturated carbocycles. The van der Waals surface area contributed by atoms with E-state index in [0.717, 1.165) is 0 Å². The Morgan fingerprint density at radius 3 is 2.53 bits per heavy atom. The quantitative estimate of drug-likeness (QED) is 0.839. The van der Waals surface area contributed by atoms with Gasteiger partial charge in [0.2, 0.25) is 0 Å². The predicted molar refractivity (Wildman–Crippen MR) is 77.7 cm³/mol. The van der Waals surface area contributed by atoms with E-state index in [1.807, 2.05) is 20.1 Å². The van der Waals surface area contributed by atoms with Gasteiger partial charge in [-0.3, -0.25) is 9.59 Å². The highest BCUT2D eigenvalue weighted by molar-refractivity contribution is 7.99. The van der Waals surface area contributed by atoms with Crippen LogP contribution in [0.15, 0.2) is 24.3 Å². The number of amides is 1. The highest BCUT2D eigenvalue weighted by Crippen LogP contribution is 2.20. The van der Waals surface area contributed by atoms with E-state index in [1.54, 1.807) is 36.0 Å². The minimum Gasteiger partial charge on any atom is -0.481 e. The molecule has 0 aliphatic rings. The van der Waals surface area contributed by atoms with E-state index in [0.29, 0.717) is 17.7 Å². The second-order valence-corrected chi connectivity index (χ2v) is 6.39. The number of carboxylic acids is 1. The zero-order valence-corrected chi connectivity index (χ0v) is 12.2. The fourth-order valence-corrected chi connectivity index (χ4v) is 1.74. The Morgan fingerprint density at radius 1 is 1.32 bits per heavy atom. The third-order valence-electron chi connectivity index (χ3n) is 2.83. The molecule has 0 atom stereocenters. The van der Waals surface area contributed by atoms with Crippen molar-refractivity contribution in [2.45, 2.75) is 25.0 Å². The van der Waals surface area contributed by atoms with Gasteiger partial charge in [0.1, 0.15) is 0 Å². The third kappa shape index (κ3) is 4.95. The number of hydrogen-bond donors (Lipinski definition) is 2. The second kappa shape index (κ2) is 6.61. The average molecular weight is 281 g/mol. The van der Waals surface area contributed by atoms with Crippen molar-refractivity contribution in [2.24, 2.45) is 0 Å². The molecule has 2 N–H and O–H groups in total. The van der Waals surface area contributed by atoms with Crippen LogP contribution in [-0.2, 0) is 11.2 Å². The summed E-state index contributed by atoms with van der Waals surface area (Å²) < 4.78 is -0.0442. The molecular formula is C14H19NO3S. The van der Waals surface area contributed by atoms with E-state index in [-0.39, 0.29) is 17.1 Å². The first kappa shape index (κ1) is 15.6. The normalized spacial score (nSPS) is 11.1. The lowest BCUT2D eigenvalue weighted by atomic mass is 10.0. The van der Waals surface area contributed by atoms with Crippen molar-refractivity contribution in [1.29, 1.82) is 0 Å². The zero-order chi connectivity index (χ0) is 14.5. The molecule has 19 heavy (non-hydrogen) atoms. The Kier molecular flexibility index (Phi) is 5.42. The number of rotatable bonds is 6. The number of thioether (sulfide) groups is 1. The van der Waals surface area contributed by atoms with E-state index in [1.165, 1.54) is 0 Å². The van der Waals surface area contributed by atoms with Crippen molar-refractivity contribution < 1.29 is 14.7 Å². The van der Waals surface area contributed by atoms with Crippen LogP contribution in [0.25, 0.3) is 0 Å². The lowest BCUT2D eigenvalue weighted by Crippen LogP contribution is -2.36. The number of carbonyl (C=O) groups is 2. The summed E-state index contributed by atoms with van der Waals surface area (Å²) >= 11 is 1.67. The molecule has 0 saturated heterocycles. The SMILES string of the molecule is CSC(C)(C)CNC(=O)c1ccccc1CC(=O)O. The minimum atomic E-state index is -0.940. The van der Waals surface area contributed by atoms with Gasteiger partial charge in [-0.1, -0.05) is 18.2 Å². The molecule has 104 valence electrons. The van der Waals surface area contributed by atoms with Gasteiger partial charge in [-0.25, -0.2) is 0 Å². The molecule has 0 radical (unpaired) electrons. The fraction of sp³-hybridized carbons (Fsp3) is 0.429. The van der Waals surface area contributed by atoms with Gasteiger partial charge in [-0.15, -0.1) is 0 Å². The summed E-state index contributed by atoms with van der Waals surface area (Å²) in [4.78, 5) is 22.9. The molecule has 1 rings (SSSR count). The number of hydrogen-bond acceptors (Lipinski definition) is 3. The average Bonchev–Trinajstić information content (AvgIpc) is 2.36. The summed E-state index contributed by atoms with van der Waals surface area (Å²) in [5, 5.41) is 11.7. The molecule has 1 aromatic rings. The van der Waals surface area contributed by atoms with Gasteiger partial charge in [0.05, 0.1) is 6.42 Å². The summed E-state index contributed by atoms with van der Waals surface area (Å²) in [7, 11) is 0. The summed E-state index contributed by atoms with van der Waals surface area (Å²) in [6, 6.07) is 6.79. The van der Waals surface area contributed by atoms with E-state index in [4.69, 9.17) is 5.11 Å². The number of carboxylic acid groups (broad SMARTS) is 1. The summed E-state index contributed by atoms with van der Waals surface area (Å²) in [5.41, 5.74) is 0.969. The molecule has 0 aromatic heterocycles. The van der Waals surface area contributed by atoms with Gasteiger partial charge < -0.3 is 10.4 Å². The topological polar surface area (TPSA) is 66.4 Å². The van der Waals surface area contributed by atoms with Crippen LogP contribution < -0.4 is 5.32 Å².